The SMILES string of the molecule is O=C(c1ccc(OCCN2CCCCC2)cc1)c1nc2ccccc2cc1-c1ccc(OCCN2CCCCC2)cc1. The fourth-order valence-electron chi connectivity index (χ4n) is 6.03. The van der Waals surface area contributed by atoms with Gasteiger partial charge in [0, 0.05) is 29.6 Å². The Kier molecular flexibility index (Phi) is 9.43. The van der Waals surface area contributed by atoms with Crippen LogP contribution in [0, 0.1) is 0 Å². The van der Waals surface area contributed by atoms with Crippen molar-refractivity contribution in [3.63, 3.8) is 0 Å². The van der Waals surface area contributed by atoms with Crippen LogP contribution in [0.15, 0.2) is 78.9 Å². The second-order valence-electron chi connectivity index (χ2n) is 11.5. The minimum atomic E-state index is -0.0996. The number of benzene rings is 3. The number of likely N-dealkylation sites (tertiary alicyclic amines) is 2. The molecule has 0 atom stereocenters. The lowest BCUT2D eigenvalue weighted by atomic mass is 9.96. The van der Waals surface area contributed by atoms with E-state index in [4.69, 9.17) is 14.5 Å². The van der Waals surface area contributed by atoms with Crippen LogP contribution >= 0.6 is 0 Å². The number of carbonyl (C=O) groups excluding carboxylic acids is 1. The molecule has 4 aromatic rings. The van der Waals surface area contributed by atoms with Crippen LogP contribution in [-0.4, -0.2) is 73.0 Å². The zero-order valence-electron chi connectivity index (χ0n) is 24.5. The molecule has 2 aliphatic heterocycles. The summed E-state index contributed by atoms with van der Waals surface area (Å²) in [5, 5.41) is 1.00. The second-order valence-corrected chi connectivity index (χ2v) is 11.5. The normalized spacial score (nSPS) is 16.4. The van der Waals surface area contributed by atoms with Crippen LogP contribution in [0.25, 0.3) is 22.0 Å². The lowest BCUT2D eigenvalue weighted by Gasteiger charge is -2.26. The predicted molar refractivity (Wildman–Crippen MR) is 169 cm³/mol. The summed E-state index contributed by atoms with van der Waals surface area (Å²) in [4.78, 5) is 23.6. The number of pyridine rings is 1. The highest BCUT2D eigenvalue weighted by Crippen LogP contribution is 2.30. The second kappa shape index (κ2) is 14.0. The molecule has 3 heterocycles. The van der Waals surface area contributed by atoms with Crippen LogP contribution in [0.3, 0.4) is 0 Å². The highest BCUT2D eigenvalue weighted by atomic mass is 16.5. The molecule has 0 radical (unpaired) electrons. The van der Waals surface area contributed by atoms with E-state index in [0.717, 1.165) is 59.7 Å². The molecule has 6 rings (SSSR count). The summed E-state index contributed by atoms with van der Waals surface area (Å²) in [5.41, 5.74) is 3.62. The van der Waals surface area contributed by atoms with E-state index in [9.17, 15) is 4.79 Å². The van der Waals surface area contributed by atoms with Crippen molar-refractivity contribution in [3.05, 3.63) is 90.1 Å². The van der Waals surface area contributed by atoms with Gasteiger partial charge in [-0.2, -0.15) is 0 Å². The first-order chi connectivity index (χ1) is 20.7. The third kappa shape index (κ3) is 7.18. The summed E-state index contributed by atoms with van der Waals surface area (Å²) in [6.07, 6.45) is 7.79. The van der Waals surface area contributed by atoms with E-state index >= 15 is 0 Å². The molecule has 3 aromatic carbocycles. The largest absolute Gasteiger partial charge is 0.492 e. The van der Waals surface area contributed by atoms with Crippen LogP contribution in [0.5, 0.6) is 11.5 Å². The molecule has 0 spiro atoms. The maximum Gasteiger partial charge on any atom is 0.212 e. The molecule has 2 aliphatic rings. The van der Waals surface area contributed by atoms with Gasteiger partial charge < -0.3 is 9.47 Å². The van der Waals surface area contributed by atoms with Crippen molar-refractivity contribution in [3.8, 4) is 22.6 Å². The molecule has 6 nitrogen and oxygen atoms in total. The maximum absolute atomic E-state index is 13.8. The zero-order valence-corrected chi connectivity index (χ0v) is 24.5. The summed E-state index contributed by atoms with van der Waals surface area (Å²) < 4.78 is 12.0. The van der Waals surface area contributed by atoms with Crippen LogP contribution in [0.1, 0.15) is 54.6 Å². The molecule has 1 aromatic heterocycles. The number of fused-ring (bicyclic) bond motifs is 1. The van der Waals surface area contributed by atoms with Gasteiger partial charge in [-0.25, -0.2) is 4.98 Å². The van der Waals surface area contributed by atoms with Crippen molar-refractivity contribution in [1.29, 1.82) is 0 Å². The third-order valence-electron chi connectivity index (χ3n) is 8.47. The lowest BCUT2D eigenvalue weighted by Crippen LogP contribution is -2.33. The topological polar surface area (TPSA) is 54.9 Å². The fourth-order valence-corrected chi connectivity index (χ4v) is 6.03. The fraction of sp³-hybridized carbons (Fsp3) is 0.389. The Bertz CT molecular complexity index is 1460. The average molecular weight is 564 g/mol. The molecule has 0 aliphatic carbocycles. The molecule has 42 heavy (non-hydrogen) atoms. The van der Waals surface area contributed by atoms with E-state index in [2.05, 4.69) is 15.9 Å². The summed E-state index contributed by atoms with van der Waals surface area (Å²) >= 11 is 0. The Balaban J connectivity index is 1.16. The summed E-state index contributed by atoms with van der Waals surface area (Å²) in [6, 6.07) is 25.5. The standard InChI is InChI=1S/C36H41N3O3/c40-36(29-13-17-32(18-14-29)42-26-24-39-21-7-2-8-22-39)35-33(27-30-9-3-4-10-34(30)37-35)28-11-15-31(16-12-28)41-25-23-38-19-5-1-6-20-38/h3-4,9-18,27H,1-2,5-8,19-26H2. The number of piperidine rings is 2. The summed E-state index contributed by atoms with van der Waals surface area (Å²) in [7, 11) is 0. The Morgan fingerprint density at radius 3 is 1.81 bits per heavy atom. The number of hydrogen-bond donors (Lipinski definition) is 0. The van der Waals surface area contributed by atoms with Crippen molar-refractivity contribution in [2.24, 2.45) is 0 Å². The van der Waals surface area contributed by atoms with Gasteiger partial charge in [-0.1, -0.05) is 43.2 Å². The van der Waals surface area contributed by atoms with Gasteiger partial charge in [-0.05, 0) is 106 Å². The maximum atomic E-state index is 13.8. The predicted octanol–water partition coefficient (Wildman–Crippen LogP) is 6.86. The molecule has 0 amide bonds. The molecule has 0 bridgehead atoms. The molecule has 218 valence electrons. The Labute approximate surface area is 249 Å². The summed E-state index contributed by atoms with van der Waals surface area (Å²) in [5.74, 6) is 1.52. The van der Waals surface area contributed by atoms with Gasteiger partial charge in [0.05, 0.1) is 5.52 Å². The van der Waals surface area contributed by atoms with E-state index in [-0.39, 0.29) is 5.78 Å². The highest BCUT2D eigenvalue weighted by Gasteiger charge is 2.19. The van der Waals surface area contributed by atoms with Gasteiger partial charge in [0.15, 0.2) is 0 Å². The van der Waals surface area contributed by atoms with E-state index in [0.29, 0.717) is 24.5 Å². The van der Waals surface area contributed by atoms with Crippen molar-refractivity contribution in [1.82, 2.24) is 14.8 Å². The minimum absolute atomic E-state index is 0.0996. The van der Waals surface area contributed by atoms with Crippen LogP contribution in [-0.2, 0) is 0 Å². The van der Waals surface area contributed by atoms with E-state index < -0.39 is 0 Å². The van der Waals surface area contributed by atoms with Crippen LogP contribution in [0.4, 0.5) is 0 Å². The van der Waals surface area contributed by atoms with Gasteiger partial charge in [-0.15, -0.1) is 0 Å². The number of hydrogen-bond acceptors (Lipinski definition) is 6. The van der Waals surface area contributed by atoms with Crippen LogP contribution < -0.4 is 9.47 Å². The van der Waals surface area contributed by atoms with Gasteiger partial charge in [0.25, 0.3) is 0 Å². The number of rotatable bonds is 11. The van der Waals surface area contributed by atoms with Gasteiger partial charge in [0.1, 0.15) is 30.4 Å². The van der Waals surface area contributed by atoms with E-state index in [1.54, 1.807) is 0 Å². The van der Waals surface area contributed by atoms with Gasteiger partial charge in [-0.3, -0.25) is 14.6 Å². The number of para-hydroxylation sites is 1. The molecule has 2 fully saturated rings. The smallest absolute Gasteiger partial charge is 0.212 e. The van der Waals surface area contributed by atoms with Crippen molar-refractivity contribution in [2.75, 3.05) is 52.5 Å². The lowest BCUT2D eigenvalue weighted by molar-refractivity contribution is 0.103. The Morgan fingerprint density at radius 1 is 0.667 bits per heavy atom. The van der Waals surface area contributed by atoms with Crippen molar-refractivity contribution in [2.45, 2.75) is 38.5 Å². The van der Waals surface area contributed by atoms with Gasteiger partial charge in [0.2, 0.25) is 5.78 Å². The van der Waals surface area contributed by atoms with Crippen LogP contribution in [0.2, 0.25) is 0 Å². The minimum Gasteiger partial charge on any atom is -0.492 e. The average Bonchev–Trinajstić information content (AvgIpc) is 3.05. The molecular formula is C36H41N3O3. The van der Waals surface area contributed by atoms with Crippen molar-refractivity contribution >= 4 is 16.7 Å². The summed E-state index contributed by atoms with van der Waals surface area (Å²) in [6.45, 7) is 7.88. The van der Waals surface area contributed by atoms with Crippen molar-refractivity contribution < 1.29 is 14.3 Å². The molecule has 6 heteroatoms. The first-order valence-corrected chi connectivity index (χ1v) is 15.6. The number of ketones is 1. The zero-order chi connectivity index (χ0) is 28.6. The number of nitrogens with zero attached hydrogens (tertiary/aromatic N) is 3. The first-order valence-electron chi connectivity index (χ1n) is 15.6. The number of carbonyl (C=O) groups is 1. The molecule has 2 saturated heterocycles. The molecule has 0 N–H and O–H groups in total. The van der Waals surface area contributed by atoms with E-state index in [1.165, 1.54) is 51.6 Å². The first kappa shape index (κ1) is 28.4. The highest BCUT2D eigenvalue weighted by molar-refractivity contribution is 6.12. The Hall–Kier alpha value is -3.74. The molecule has 0 saturated carbocycles. The van der Waals surface area contributed by atoms with E-state index in [1.807, 2.05) is 72.8 Å². The molecule has 0 unspecified atom stereocenters. The quantitative estimate of drug-likeness (QED) is 0.186. The number of aromatic nitrogens is 1. The number of ether oxygens (including phenoxy) is 2. The monoisotopic (exact) mass is 563 g/mol. The third-order valence-corrected chi connectivity index (χ3v) is 8.47. The molecular weight excluding hydrogens is 522 g/mol. The van der Waals surface area contributed by atoms with Gasteiger partial charge >= 0.3 is 0 Å². The Morgan fingerprint density at radius 2 is 1.21 bits per heavy atom.